The van der Waals surface area contributed by atoms with E-state index in [1.165, 1.54) is 0 Å². The summed E-state index contributed by atoms with van der Waals surface area (Å²) >= 11 is 0. The van der Waals surface area contributed by atoms with Crippen LogP contribution in [-0.2, 0) is 19.6 Å². The van der Waals surface area contributed by atoms with Gasteiger partial charge in [-0.05, 0) is 0 Å². The largest absolute Gasteiger partial charge is 0.274 e. The van der Waals surface area contributed by atoms with Gasteiger partial charge in [-0.3, -0.25) is 9.59 Å². The molecule has 2 amide bonds. The van der Waals surface area contributed by atoms with E-state index in [9.17, 15) is 18.0 Å². The number of sulfonamides is 1. The first-order valence-corrected chi connectivity index (χ1v) is 4.63. The number of imide groups is 1. The van der Waals surface area contributed by atoms with Crippen molar-refractivity contribution < 1.29 is 18.0 Å². The first kappa shape index (κ1) is 10.1. The number of amides is 2. The third-order valence-electron chi connectivity index (χ3n) is 0.904. The fourth-order valence-corrected chi connectivity index (χ4v) is 1.62. The van der Waals surface area contributed by atoms with Crippen LogP contribution in [0, 0.1) is 0 Å². The van der Waals surface area contributed by atoms with Crippen molar-refractivity contribution in [3.63, 3.8) is 0 Å². The monoisotopic (exact) mass is 179 g/mol. The van der Waals surface area contributed by atoms with Crippen LogP contribution in [0.2, 0.25) is 0 Å². The molecule has 0 aliphatic rings. The molecule has 0 aliphatic carbocycles. The van der Waals surface area contributed by atoms with Crippen molar-refractivity contribution in [2.45, 2.75) is 13.8 Å². The fraction of sp³-hybridized carbons (Fsp3) is 0.600. The van der Waals surface area contributed by atoms with Gasteiger partial charge in [0, 0.05) is 13.8 Å². The molecule has 0 aromatic heterocycles. The minimum Gasteiger partial charge on any atom is -0.274 e. The lowest BCUT2D eigenvalue weighted by molar-refractivity contribution is -0.135. The van der Waals surface area contributed by atoms with E-state index in [4.69, 9.17) is 0 Å². The highest BCUT2D eigenvalue weighted by molar-refractivity contribution is 7.89. The summed E-state index contributed by atoms with van der Waals surface area (Å²) in [5, 5.41) is 0. The van der Waals surface area contributed by atoms with E-state index in [1.807, 2.05) is 0 Å². The van der Waals surface area contributed by atoms with E-state index in [-0.39, 0.29) is 4.31 Å². The number of hydrogen-bond acceptors (Lipinski definition) is 4. The summed E-state index contributed by atoms with van der Waals surface area (Å²) in [4.78, 5) is 21.1. The molecule has 11 heavy (non-hydrogen) atoms. The van der Waals surface area contributed by atoms with Gasteiger partial charge in [-0.25, -0.2) is 8.42 Å². The number of carbonyl (C=O) groups excluding carboxylic acids is 2. The Morgan fingerprint density at radius 3 is 1.36 bits per heavy atom. The number of rotatable bonds is 1. The molecule has 0 heterocycles. The van der Waals surface area contributed by atoms with Gasteiger partial charge in [0.1, 0.15) is 0 Å². The van der Waals surface area contributed by atoms with Gasteiger partial charge in [0.05, 0.1) is 6.26 Å². The van der Waals surface area contributed by atoms with Crippen LogP contribution < -0.4 is 0 Å². The van der Waals surface area contributed by atoms with Crippen LogP contribution in [0.3, 0.4) is 0 Å². The topological polar surface area (TPSA) is 71.5 Å². The summed E-state index contributed by atoms with van der Waals surface area (Å²) in [5.41, 5.74) is 0. The zero-order valence-corrected chi connectivity index (χ0v) is 7.30. The molecule has 64 valence electrons. The van der Waals surface area contributed by atoms with Crippen molar-refractivity contribution in [1.29, 1.82) is 0 Å². The molecule has 0 atom stereocenters. The highest BCUT2D eigenvalue weighted by atomic mass is 32.2. The van der Waals surface area contributed by atoms with Gasteiger partial charge >= 0.3 is 0 Å². The molecule has 0 aromatic carbocycles. The molecule has 0 unspecified atom stereocenters. The lowest BCUT2D eigenvalue weighted by Gasteiger charge is -2.12. The molecule has 0 rings (SSSR count). The average molecular weight is 179 g/mol. The second-order valence-electron chi connectivity index (χ2n) is 2.07. The van der Waals surface area contributed by atoms with Crippen molar-refractivity contribution in [1.82, 2.24) is 4.31 Å². The van der Waals surface area contributed by atoms with E-state index < -0.39 is 21.8 Å². The summed E-state index contributed by atoms with van der Waals surface area (Å²) in [6, 6.07) is 0. The van der Waals surface area contributed by atoms with Crippen LogP contribution in [0.15, 0.2) is 0 Å². The Labute approximate surface area is 65.0 Å². The Hall–Kier alpha value is -0.910. The summed E-state index contributed by atoms with van der Waals surface area (Å²) in [5.74, 6) is -1.58. The minimum absolute atomic E-state index is 0.215. The highest BCUT2D eigenvalue weighted by Gasteiger charge is 2.23. The molecule has 0 spiro atoms. The van der Waals surface area contributed by atoms with Crippen molar-refractivity contribution in [2.24, 2.45) is 0 Å². The first-order chi connectivity index (χ1) is 4.76. The molecule has 0 saturated heterocycles. The smallest absolute Gasteiger partial charge is 0.241 e. The lowest BCUT2D eigenvalue weighted by Crippen LogP contribution is -2.37. The highest BCUT2D eigenvalue weighted by Crippen LogP contribution is 1.98. The predicted molar refractivity (Wildman–Crippen MR) is 38.0 cm³/mol. The van der Waals surface area contributed by atoms with Gasteiger partial charge in [-0.15, -0.1) is 0 Å². The first-order valence-electron chi connectivity index (χ1n) is 2.78. The van der Waals surface area contributed by atoms with Gasteiger partial charge < -0.3 is 0 Å². The summed E-state index contributed by atoms with van der Waals surface area (Å²) < 4.78 is 21.6. The Kier molecular flexibility index (Phi) is 2.75. The molecule has 0 aromatic rings. The quantitative estimate of drug-likeness (QED) is 0.535. The fourth-order valence-electron chi connectivity index (χ4n) is 0.689. The van der Waals surface area contributed by atoms with Gasteiger partial charge in [0.2, 0.25) is 21.8 Å². The molecular formula is C5H9NO4S. The summed E-state index contributed by atoms with van der Waals surface area (Å²) in [6.07, 6.45) is 0.801. The normalized spacial score (nSPS) is 10.8. The Balaban J connectivity index is 4.94. The third kappa shape index (κ3) is 2.67. The van der Waals surface area contributed by atoms with Gasteiger partial charge in [0.15, 0.2) is 0 Å². The zero-order chi connectivity index (χ0) is 9.23. The maximum Gasteiger partial charge on any atom is 0.241 e. The number of hydrogen-bond donors (Lipinski definition) is 0. The molecule has 0 fully saturated rings. The number of carbonyl (C=O) groups is 2. The Morgan fingerprint density at radius 1 is 1.09 bits per heavy atom. The summed E-state index contributed by atoms with van der Waals surface area (Å²) in [6.45, 7) is 2.03. The van der Waals surface area contributed by atoms with Crippen LogP contribution in [0.4, 0.5) is 0 Å². The molecule has 0 radical (unpaired) electrons. The van der Waals surface area contributed by atoms with E-state index in [0.717, 1.165) is 20.1 Å². The molecule has 5 nitrogen and oxygen atoms in total. The molecular weight excluding hydrogens is 170 g/mol. The van der Waals surface area contributed by atoms with Gasteiger partial charge in [-0.1, -0.05) is 0 Å². The second-order valence-corrected chi connectivity index (χ2v) is 3.90. The van der Waals surface area contributed by atoms with Crippen molar-refractivity contribution >= 4 is 21.8 Å². The van der Waals surface area contributed by atoms with Crippen molar-refractivity contribution in [3.8, 4) is 0 Å². The van der Waals surface area contributed by atoms with E-state index in [2.05, 4.69) is 0 Å². The minimum atomic E-state index is -3.73. The average Bonchev–Trinajstić information content (AvgIpc) is 1.54. The Bertz CT molecular complexity index is 265. The maximum atomic E-state index is 10.7. The van der Waals surface area contributed by atoms with Gasteiger partial charge in [0.25, 0.3) is 0 Å². The third-order valence-corrected chi connectivity index (χ3v) is 2.08. The lowest BCUT2D eigenvalue weighted by atomic mass is 10.6. The molecule has 0 saturated carbocycles. The maximum absolute atomic E-state index is 10.7. The van der Waals surface area contributed by atoms with Crippen LogP contribution in [0.5, 0.6) is 0 Å². The predicted octanol–water partition coefficient (Wildman–Crippen LogP) is -0.659. The molecule has 0 N–H and O–H groups in total. The van der Waals surface area contributed by atoms with Crippen molar-refractivity contribution in [3.05, 3.63) is 0 Å². The van der Waals surface area contributed by atoms with E-state index in [1.54, 1.807) is 0 Å². The standard InChI is InChI=1S/C5H9NO4S/c1-4(7)6(5(2)8)11(3,9)10/h1-3H3. The molecule has 0 bridgehead atoms. The van der Waals surface area contributed by atoms with Gasteiger partial charge in [-0.2, -0.15) is 4.31 Å². The van der Waals surface area contributed by atoms with Crippen LogP contribution in [0.1, 0.15) is 13.8 Å². The Morgan fingerprint density at radius 2 is 1.36 bits per heavy atom. The van der Waals surface area contributed by atoms with Crippen LogP contribution in [0.25, 0.3) is 0 Å². The molecule has 6 heteroatoms. The second kappa shape index (κ2) is 3.00. The zero-order valence-electron chi connectivity index (χ0n) is 6.49. The van der Waals surface area contributed by atoms with Crippen LogP contribution in [-0.4, -0.2) is 30.8 Å². The molecule has 0 aliphatic heterocycles. The summed E-state index contributed by atoms with van der Waals surface area (Å²) in [7, 11) is -3.73. The SMILES string of the molecule is CC(=O)N(C(C)=O)S(C)(=O)=O. The number of nitrogens with zero attached hydrogens (tertiary/aromatic N) is 1. The van der Waals surface area contributed by atoms with Crippen LogP contribution >= 0.6 is 0 Å². The van der Waals surface area contributed by atoms with Crippen molar-refractivity contribution in [2.75, 3.05) is 6.26 Å². The van der Waals surface area contributed by atoms with E-state index in [0.29, 0.717) is 0 Å². The van der Waals surface area contributed by atoms with E-state index >= 15 is 0 Å².